The molecule has 1 aliphatic heterocycles. The van der Waals surface area contributed by atoms with E-state index in [9.17, 15) is 4.39 Å². The average molecular weight is 358 g/mol. The van der Waals surface area contributed by atoms with E-state index in [0.717, 1.165) is 44.4 Å². The molecule has 1 aromatic carbocycles. The minimum atomic E-state index is -0.202. The Balaban J connectivity index is 1.90. The van der Waals surface area contributed by atoms with Gasteiger partial charge in [0.1, 0.15) is 5.82 Å². The van der Waals surface area contributed by atoms with Gasteiger partial charge in [-0.25, -0.2) is 4.39 Å². The molecule has 0 bridgehead atoms. The fourth-order valence-electron chi connectivity index (χ4n) is 2.86. The Morgan fingerprint density at radius 1 is 1.48 bits per heavy atom. The van der Waals surface area contributed by atoms with Crippen molar-refractivity contribution >= 4 is 15.9 Å². The second-order valence-corrected chi connectivity index (χ2v) is 6.60. The molecule has 2 nitrogen and oxygen atoms in total. The molecule has 2 rings (SSSR count). The molecule has 1 saturated heterocycles. The predicted molar refractivity (Wildman–Crippen MR) is 88.0 cm³/mol. The van der Waals surface area contributed by atoms with Gasteiger partial charge in [-0.3, -0.25) is 0 Å². The van der Waals surface area contributed by atoms with Crippen molar-refractivity contribution in [3.05, 3.63) is 34.1 Å². The Bertz CT molecular complexity index is 435. The third kappa shape index (κ3) is 5.35. The molecule has 0 spiro atoms. The number of hydrogen-bond donors (Lipinski definition) is 1. The molecule has 1 fully saturated rings. The molecule has 2 atom stereocenters. The van der Waals surface area contributed by atoms with Gasteiger partial charge in [0.25, 0.3) is 0 Å². The molecule has 0 aromatic heterocycles. The summed E-state index contributed by atoms with van der Waals surface area (Å²) in [5.41, 5.74) is 1.16. The first-order valence-electron chi connectivity index (χ1n) is 8.00. The van der Waals surface area contributed by atoms with E-state index in [-0.39, 0.29) is 5.82 Å². The maximum atomic E-state index is 13.4. The Labute approximate surface area is 135 Å². The number of benzene rings is 1. The summed E-state index contributed by atoms with van der Waals surface area (Å²) in [6.45, 7) is 4.07. The van der Waals surface area contributed by atoms with E-state index in [4.69, 9.17) is 4.74 Å². The van der Waals surface area contributed by atoms with Crippen LogP contribution in [0.15, 0.2) is 22.7 Å². The molecule has 1 aliphatic rings. The largest absolute Gasteiger partial charge is 0.378 e. The standard InChI is InChI=1S/C17H25BrFNO/c1-2-10-20-17(7-3-5-14-6-4-11-21-14)13-8-9-16(19)15(18)12-13/h8-9,12,14,17,20H,2-7,10-11H2,1H3. The van der Waals surface area contributed by atoms with Crippen molar-refractivity contribution in [2.75, 3.05) is 13.2 Å². The summed E-state index contributed by atoms with van der Waals surface area (Å²) in [4.78, 5) is 0. The van der Waals surface area contributed by atoms with Gasteiger partial charge in [0, 0.05) is 12.6 Å². The minimum Gasteiger partial charge on any atom is -0.378 e. The number of halogens is 2. The van der Waals surface area contributed by atoms with E-state index < -0.39 is 0 Å². The van der Waals surface area contributed by atoms with Gasteiger partial charge in [-0.05, 0) is 78.7 Å². The normalized spacial score (nSPS) is 19.9. The van der Waals surface area contributed by atoms with Crippen molar-refractivity contribution in [1.29, 1.82) is 0 Å². The fourth-order valence-corrected chi connectivity index (χ4v) is 3.25. The maximum Gasteiger partial charge on any atom is 0.137 e. The van der Waals surface area contributed by atoms with Crippen molar-refractivity contribution < 1.29 is 9.13 Å². The van der Waals surface area contributed by atoms with Crippen molar-refractivity contribution in [2.24, 2.45) is 0 Å². The summed E-state index contributed by atoms with van der Waals surface area (Å²) >= 11 is 3.28. The smallest absolute Gasteiger partial charge is 0.137 e. The maximum absolute atomic E-state index is 13.4. The van der Waals surface area contributed by atoms with Crippen LogP contribution in [0.4, 0.5) is 4.39 Å². The molecule has 0 amide bonds. The van der Waals surface area contributed by atoms with Crippen LogP contribution in [0.5, 0.6) is 0 Å². The zero-order valence-electron chi connectivity index (χ0n) is 12.7. The first-order valence-corrected chi connectivity index (χ1v) is 8.80. The van der Waals surface area contributed by atoms with E-state index >= 15 is 0 Å². The summed E-state index contributed by atoms with van der Waals surface area (Å²) in [6, 6.07) is 5.62. The quantitative estimate of drug-likeness (QED) is 0.708. The molecule has 1 heterocycles. The third-order valence-electron chi connectivity index (χ3n) is 4.03. The van der Waals surface area contributed by atoms with Crippen LogP contribution < -0.4 is 5.32 Å². The first-order chi connectivity index (χ1) is 10.2. The van der Waals surface area contributed by atoms with Crippen molar-refractivity contribution in [3.8, 4) is 0 Å². The zero-order chi connectivity index (χ0) is 15.1. The van der Waals surface area contributed by atoms with Gasteiger partial charge in [-0.1, -0.05) is 13.0 Å². The number of nitrogens with one attached hydrogen (secondary N) is 1. The van der Waals surface area contributed by atoms with Crippen molar-refractivity contribution in [2.45, 2.75) is 57.6 Å². The van der Waals surface area contributed by atoms with E-state index in [1.54, 1.807) is 6.07 Å². The van der Waals surface area contributed by atoms with E-state index in [2.05, 4.69) is 28.2 Å². The van der Waals surface area contributed by atoms with Gasteiger partial charge in [-0.15, -0.1) is 0 Å². The van der Waals surface area contributed by atoms with Gasteiger partial charge in [0.05, 0.1) is 10.6 Å². The van der Waals surface area contributed by atoms with E-state index in [1.165, 1.54) is 12.8 Å². The molecule has 0 aliphatic carbocycles. The summed E-state index contributed by atoms with van der Waals surface area (Å²) in [6.07, 6.45) is 7.30. The number of ether oxygens (including phenoxy) is 1. The topological polar surface area (TPSA) is 21.3 Å². The molecule has 1 aromatic rings. The molecule has 4 heteroatoms. The van der Waals surface area contributed by atoms with E-state index in [1.807, 2.05) is 12.1 Å². The summed E-state index contributed by atoms with van der Waals surface area (Å²) in [5, 5.41) is 3.57. The Morgan fingerprint density at radius 2 is 2.33 bits per heavy atom. The van der Waals surface area contributed by atoms with Crippen LogP contribution in [0.1, 0.15) is 57.1 Å². The molecule has 1 N–H and O–H groups in total. The molecule has 0 radical (unpaired) electrons. The van der Waals surface area contributed by atoms with Crippen LogP contribution >= 0.6 is 15.9 Å². The Hall–Kier alpha value is -0.450. The van der Waals surface area contributed by atoms with Gasteiger partial charge in [0.2, 0.25) is 0 Å². The molecule has 21 heavy (non-hydrogen) atoms. The highest BCUT2D eigenvalue weighted by molar-refractivity contribution is 9.10. The summed E-state index contributed by atoms with van der Waals surface area (Å²) < 4.78 is 19.6. The lowest BCUT2D eigenvalue weighted by Crippen LogP contribution is -2.22. The molecule has 2 unspecified atom stereocenters. The van der Waals surface area contributed by atoms with Gasteiger partial charge < -0.3 is 10.1 Å². The molecule has 118 valence electrons. The lowest BCUT2D eigenvalue weighted by molar-refractivity contribution is 0.101. The van der Waals surface area contributed by atoms with Gasteiger partial charge in [-0.2, -0.15) is 0 Å². The Morgan fingerprint density at radius 3 is 3.00 bits per heavy atom. The van der Waals surface area contributed by atoms with Crippen LogP contribution in [0.25, 0.3) is 0 Å². The predicted octanol–water partition coefficient (Wildman–Crippen LogP) is 4.98. The number of hydrogen-bond acceptors (Lipinski definition) is 2. The van der Waals surface area contributed by atoms with Gasteiger partial charge >= 0.3 is 0 Å². The lowest BCUT2D eigenvalue weighted by Gasteiger charge is -2.20. The van der Waals surface area contributed by atoms with Crippen molar-refractivity contribution in [3.63, 3.8) is 0 Å². The van der Waals surface area contributed by atoms with Crippen molar-refractivity contribution in [1.82, 2.24) is 5.32 Å². The van der Waals surface area contributed by atoms with Crippen LogP contribution in [0, 0.1) is 5.82 Å². The Kier molecular flexibility index (Phi) is 7.14. The SMILES string of the molecule is CCCNC(CCCC1CCCO1)c1ccc(F)c(Br)c1. The van der Waals surface area contributed by atoms with Crippen LogP contribution in [-0.4, -0.2) is 19.3 Å². The number of rotatable bonds is 8. The summed E-state index contributed by atoms with van der Waals surface area (Å²) in [5.74, 6) is -0.202. The highest BCUT2D eigenvalue weighted by atomic mass is 79.9. The van der Waals surface area contributed by atoms with Gasteiger partial charge in [0.15, 0.2) is 0 Å². The highest BCUT2D eigenvalue weighted by Gasteiger charge is 2.17. The minimum absolute atomic E-state index is 0.202. The monoisotopic (exact) mass is 357 g/mol. The molecule has 0 saturated carbocycles. The summed E-state index contributed by atoms with van der Waals surface area (Å²) in [7, 11) is 0. The average Bonchev–Trinajstić information content (AvgIpc) is 2.99. The van der Waals surface area contributed by atoms with Crippen LogP contribution in [0.3, 0.4) is 0 Å². The second-order valence-electron chi connectivity index (χ2n) is 5.75. The lowest BCUT2D eigenvalue weighted by atomic mass is 9.99. The third-order valence-corrected chi connectivity index (χ3v) is 4.64. The van der Waals surface area contributed by atoms with Crippen LogP contribution in [-0.2, 0) is 4.74 Å². The molecular formula is C17H25BrFNO. The fraction of sp³-hybridized carbons (Fsp3) is 0.647. The highest BCUT2D eigenvalue weighted by Crippen LogP contribution is 2.26. The first kappa shape index (κ1) is 16.9. The van der Waals surface area contributed by atoms with Crippen LogP contribution in [0.2, 0.25) is 0 Å². The zero-order valence-corrected chi connectivity index (χ0v) is 14.3. The van der Waals surface area contributed by atoms with E-state index in [0.29, 0.717) is 16.6 Å². The molecular weight excluding hydrogens is 333 g/mol. The second kappa shape index (κ2) is 8.86.